The van der Waals surface area contributed by atoms with Gasteiger partial charge in [0, 0.05) is 10.0 Å². The van der Waals surface area contributed by atoms with Gasteiger partial charge in [0.2, 0.25) is 0 Å². The van der Waals surface area contributed by atoms with Crippen LogP contribution in [-0.4, -0.2) is 19.5 Å². The zero-order valence-electron chi connectivity index (χ0n) is 14.0. The average molecular weight is 419 g/mol. The Bertz CT molecular complexity index is 1300. The van der Waals surface area contributed by atoms with Gasteiger partial charge in [-0.05, 0) is 54.6 Å². The highest BCUT2D eigenvalue weighted by Crippen LogP contribution is 2.29. The summed E-state index contributed by atoms with van der Waals surface area (Å²) in [5.41, 5.74) is 4.48. The van der Waals surface area contributed by atoms with Crippen LogP contribution in [0.2, 0.25) is 0 Å². The third-order valence-electron chi connectivity index (χ3n) is 4.34. The topological polar surface area (TPSA) is 43.6 Å². The predicted octanol–water partition coefficient (Wildman–Crippen LogP) is 5.54. The van der Waals surface area contributed by atoms with E-state index in [0.717, 1.165) is 26.8 Å². The Balaban J connectivity index is 1.88. The lowest BCUT2D eigenvalue weighted by molar-refractivity contribution is 0.628. The molecular weight excluding hydrogens is 407 g/mol. The summed E-state index contributed by atoms with van der Waals surface area (Å²) < 4.78 is 16.3. The first-order chi connectivity index (χ1) is 13.2. The Morgan fingerprint density at radius 2 is 1.52 bits per heavy atom. The first-order valence-electron chi connectivity index (χ1n) is 8.36. The van der Waals surface area contributed by atoms with Crippen molar-refractivity contribution < 1.29 is 4.39 Å². The number of rotatable bonds is 2. The molecule has 0 saturated carbocycles. The van der Waals surface area contributed by atoms with Crippen LogP contribution in [0.25, 0.3) is 39.4 Å². The van der Waals surface area contributed by atoms with E-state index in [1.165, 1.54) is 12.1 Å². The normalized spacial score (nSPS) is 11.3. The summed E-state index contributed by atoms with van der Waals surface area (Å²) >= 11 is 3.52. The fraction of sp³-hybridized carbons (Fsp3) is 0. The number of hydrogen-bond acceptors (Lipinski definition) is 3. The number of para-hydroxylation sites is 2. The Hall–Kier alpha value is -3.12. The van der Waals surface area contributed by atoms with Gasteiger partial charge in [0.25, 0.3) is 0 Å². The molecule has 130 valence electrons. The lowest BCUT2D eigenvalue weighted by Gasteiger charge is -2.09. The minimum atomic E-state index is -0.286. The van der Waals surface area contributed by atoms with Gasteiger partial charge in [0.05, 0.1) is 16.7 Å². The molecule has 5 aromatic rings. The van der Waals surface area contributed by atoms with Crippen molar-refractivity contribution in [1.82, 2.24) is 19.5 Å². The zero-order valence-corrected chi connectivity index (χ0v) is 15.6. The minimum absolute atomic E-state index is 0.286. The van der Waals surface area contributed by atoms with Gasteiger partial charge in [-0.2, -0.15) is 0 Å². The smallest absolute Gasteiger partial charge is 0.199 e. The third-order valence-corrected chi connectivity index (χ3v) is 4.83. The molecule has 0 unspecified atom stereocenters. The van der Waals surface area contributed by atoms with Crippen molar-refractivity contribution in [1.29, 1.82) is 0 Å². The van der Waals surface area contributed by atoms with Gasteiger partial charge in [-0.3, -0.25) is 4.57 Å². The molecule has 0 radical (unpaired) electrons. The fourth-order valence-electron chi connectivity index (χ4n) is 3.11. The molecule has 3 aromatic carbocycles. The van der Waals surface area contributed by atoms with Crippen molar-refractivity contribution >= 4 is 38.3 Å². The summed E-state index contributed by atoms with van der Waals surface area (Å²) in [6.07, 6.45) is 0. The van der Waals surface area contributed by atoms with Crippen molar-refractivity contribution in [3.8, 4) is 17.1 Å². The lowest BCUT2D eigenvalue weighted by atomic mass is 10.2. The molecule has 0 spiro atoms. The molecule has 4 nitrogen and oxygen atoms in total. The molecule has 0 aliphatic heterocycles. The fourth-order valence-corrected chi connectivity index (χ4v) is 3.50. The molecule has 0 atom stereocenters. The molecule has 2 heterocycles. The molecule has 0 N–H and O–H groups in total. The Morgan fingerprint density at radius 3 is 2.26 bits per heavy atom. The summed E-state index contributed by atoms with van der Waals surface area (Å²) in [4.78, 5) is 14.2. The van der Waals surface area contributed by atoms with Crippen molar-refractivity contribution in [3.05, 3.63) is 83.1 Å². The largest absolute Gasteiger partial charge is 0.275 e. The molecule has 0 amide bonds. The number of hydrogen-bond donors (Lipinski definition) is 0. The van der Waals surface area contributed by atoms with Crippen LogP contribution in [0.5, 0.6) is 0 Å². The molecular formula is C21H12BrFN4. The molecule has 0 aliphatic rings. The molecule has 0 saturated heterocycles. The van der Waals surface area contributed by atoms with Crippen molar-refractivity contribution in [2.75, 3.05) is 0 Å². The average Bonchev–Trinajstić information content (AvgIpc) is 3.05. The van der Waals surface area contributed by atoms with Crippen LogP contribution in [0.15, 0.2) is 77.3 Å². The quantitative estimate of drug-likeness (QED) is 0.378. The van der Waals surface area contributed by atoms with E-state index in [1.807, 2.05) is 53.1 Å². The van der Waals surface area contributed by atoms with Crippen LogP contribution < -0.4 is 0 Å². The maximum absolute atomic E-state index is 13.4. The maximum atomic E-state index is 13.4. The van der Waals surface area contributed by atoms with Gasteiger partial charge in [-0.25, -0.2) is 19.3 Å². The summed E-state index contributed by atoms with van der Waals surface area (Å²) in [7, 11) is 0. The monoisotopic (exact) mass is 418 g/mol. The molecule has 5 rings (SSSR count). The van der Waals surface area contributed by atoms with Crippen molar-refractivity contribution in [2.24, 2.45) is 0 Å². The lowest BCUT2D eigenvalue weighted by Crippen LogP contribution is -1.99. The van der Waals surface area contributed by atoms with Crippen molar-refractivity contribution in [3.63, 3.8) is 0 Å². The second-order valence-corrected chi connectivity index (χ2v) is 7.03. The highest BCUT2D eigenvalue weighted by Gasteiger charge is 2.17. The predicted molar refractivity (Wildman–Crippen MR) is 107 cm³/mol. The first-order valence-corrected chi connectivity index (χ1v) is 9.15. The molecule has 0 fully saturated rings. The van der Waals surface area contributed by atoms with E-state index in [9.17, 15) is 4.39 Å². The van der Waals surface area contributed by atoms with Crippen LogP contribution >= 0.6 is 15.9 Å². The molecule has 0 aliphatic carbocycles. The van der Waals surface area contributed by atoms with Crippen LogP contribution in [0.4, 0.5) is 4.39 Å². The molecule has 6 heteroatoms. The second kappa shape index (κ2) is 6.25. The van der Waals surface area contributed by atoms with E-state index in [-0.39, 0.29) is 5.82 Å². The highest BCUT2D eigenvalue weighted by molar-refractivity contribution is 9.10. The highest BCUT2D eigenvalue weighted by atomic mass is 79.9. The summed E-state index contributed by atoms with van der Waals surface area (Å²) in [6.45, 7) is 0. The number of fused-ring (bicyclic) bond motifs is 2. The van der Waals surface area contributed by atoms with Crippen LogP contribution in [0.1, 0.15) is 0 Å². The number of benzene rings is 3. The van der Waals surface area contributed by atoms with Crippen LogP contribution in [0, 0.1) is 5.82 Å². The Kier molecular flexibility index (Phi) is 3.72. The van der Waals surface area contributed by atoms with Gasteiger partial charge < -0.3 is 0 Å². The van der Waals surface area contributed by atoms with Crippen molar-refractivity contribution in [2.45, 2.75) is 0 Å². The van der Waals surface area contributed by atoms with Gasteiger partial charge in [-0.15, -0.1) is 0 Å². The van der Waals surface area contributed by atoms with E-state index in [1.54, 1.807) is 12.1 Å². The first kappa shape index (κ1) is 16.1. The molecule has 2 aromatic heterocycles. The Morgan fingerprint density at radius 1 is 0.778 bits per heavy atom. The second-order valence-electron chi connectivity index (χ2n) is 6.12. The number of imidazole rings is 1. The number of nitrogens with zero attached hydrogens (tertiary/aromatic N) is 4. The SMILES string of the molecule is Fc1ccc(-c2nc3nc4ccccc4nc3n2-c2cccc(Br)c2)cc1. The summed E-state index contributed by atoms with van der Waals surface area (Å²) in [5.74, 6) is 0.379. The van der Waals surface area contributed by atoms with E-state index in [0.29, 0.717) is 17.1 Å². The van der Waals surface area contributed by atoms with Gasteiger partial charge >= 0.3 is 0 Å². The van der Waals surface area contributed by atoms with Gasteiger partial charge in [0.1, 0.15) is 11.6 Å². The molecule has 27 heavy (non-hydrogen) atoms. The van der Waals surface area contributed by atoms with Gasteiger partial charge in [0.15, 0.2) is 11.3 Å². The van der Waals surface area contributed by atoms with E-state index in [2.05, 4.69) is 20.9 Å². The van der Waals surface area contributed by atoms with E-state index < -0.39 is 0 Å². The van der Waals surface area contributed by atoms with E-state index in [4.69, 9.17) is 9.97 Å². The minimum Gasteiger partial charge on any atom is -0.275 e. The zero-order chi connectivity index (χ0) is 18.4. The summed E-state index contributed by atoms with van der Waals surface area (Å²) in [6, 6.07) is 21.9. The maximum Gasteiger partial charge on any atom is 0.199 e. The molecule has 0 bridgehead atoms. The van der Waals surface area contributed by atoms with Crippen LogP contribution in [0.3, 0.4) is 0 Å². The van der Waals surface area contributed by atoms with E-state index >= 15 is 0 Å². The number of aromatic nitrogens is 4. The standard InChI is InChI=1S/C21H12BrFN4/c22-14-4-3-5-16(12-14)27-20(13-8-10-15(23)11-9-13)26-19-21(27)25-18-7-2-1-6-17(18)24-19/h1-12H. The number of halogens is 2. The third kappa shape index (κ3) is 2.78. The van der Waals surface area contributed by atoms with Gasteiger partial charge in [-0.1, -0.05) is 34.1 Å². The Labute approximate surface area is 162 Å². The summed E-state index contributed by atoms with van der Waals surface area (Å²) in [5, 5.41) is 0. The van der Waals surface area contributed by atoms with Crippen LogP contribution in [-0.2, 0) is 0 Å².